The summed E-state index contributed by atoms with van der Waals surface area (Å²) >= 11 is 0. The summed E-state index contributed by atoms with van der Waals surface area (Å²) in [6.45, 7) is 5.91. The standard InChI is InChI=1S/C23H28N4O2/c1-18(2)22-24-12-13-27(22)17-19-8-7-9-20(16-19)25-23(28)26(3)14-15-29-21-10-5-4-6-11-21/h4-13,16,18H,14-15,17H2,1-3H3,(H,25,28). The third kappa shape index (κ3) is 5.85. The van der Waals surface area contributed by atoms with E-state index in [9.17, 15) is 4.79 Å². The van der Waals surface area contributed by atoms with Gasteiger partial charge in [-0.2, -0.15) is 0 Å². The number of benzene rings is 2. The first-order chi connectivity index (χ1) is 14.0. The Bertz CT molecular complexity index is 921. The third-order valence-electron chi connectivity index (χ3n) is 4.58. The van der Waals surface area contributed by atoms with Crippen molar-refractivity contribution in [3.63, 3.8) is 0 Å². The van der Waals surface area contributed by atoms with E-state index in [1.54, 1.807) is 11.9 Å². The summed E-state index contributed by atoms with van der Waals surface area (Å²) in [5, 5.41) is 2.95. The van der Waals surface area contributed by atoms with Gasteiger partial charge in [-0.1, -0.05) is 44.2 Å². The van der Waals surface area contributed by atoms with Crippen molar-refractivity contribution in [2.75, 3.05) is 25.5 Å². The number of ether oxygens (including phenoxy) is 1. The number of imidazole rings is 1. The molecule has 0 unspecified atom stereocenters. The highest BCUT2D eigenvalue weighted by molar-refractivity contribution is 5.89. The summed E-state index contributed by atoms with van der Waals surface area (Å²) in [4.78, 5) is 18.5. The number of hydrogen-bond acceptors (Lipinski definition) is 3. The first-order valence-corrected chi connectivity index (χ1v) is 9.83. The van der Waals surface area contributed by atoms with Gasteiger partial charge in [0.05, 0.1) is 6.54 Å². The van der Waals surface area contributed by atoms with E-state index in [0.717, 1.165) is 29.4 Å². The third-order valence-corrected chi connectivity index (χ3v) is 4.58. The van der Waals surface area contributed by atoms with Crippen LogP contribution in [0, 0.1) is 0 Å². The number of hydrogen-bond donors (Lipinski definition) is 1. The molecule has 6 heteroatoms. The van der Waals surface area contributed by atoms with Crippen LogP contribution in [0.25, 0.3) is 0 Å². The highest BCUT2D eigenvalue weighted by Gasteiger charge is 2.11. The van der Waals surface area contributed by atoms with Gasteiger partial charge in [-0.3, -0.25) is 0 Å². The molecule has 29 heavy (non-hydrogen) atoms. The molecule has 3 rings (SSSR count). The number of nitrogens with one attached hydrogen (secondary N) is 1. The summed E-state index contributed by atoms with van der Waals surface area (Å²) in [6, 6.07) is 17.3. The zero-order chi connectivity index (χ0) is 20.6. The molecule has 0 saturated carbocycles. The summed E-state index contributed by atoms with van der Waals surface area (Å²) in [7, 11) is 1.76. The van der Waals surface area contributed by atoms with Crippen molar-refractivity contribution in [3.8, 4) is 5.75 Å². The molecule has 1 heterocycles. The lowest BCUT2D eigenvalue weighted by Gasteiger charge is -2.18. The predicted octanol–water partition coefficient (Wildman–Crippen LogP) is 4.60. The number of para-hydroxylation sites is 1. The SMILES string of the molecule is CC(C)c1nccn1Cc1cccc(NC(=O)N(C)CCOc2ccccc2)c1. The molecular formula is C23H28N4O2. The lowest BCUT2D eigenvalue weighted by atomic mass is 10.1. The molecule has 152 valence electrons. The van der Waals surface area contributed by atoms with Crippen LogP contribution in [0.15, 0.2) is 67.0 Å². The minimum absolute atomic E-state index is 0.163. The second-order valence-electron chi connectivity index (χ2n) is 7.28. The van der Waals surface area contributed by atoms with E-state index in [4.69, 9.17) is 4.74 Å². The van der Waals surface area contributed by atoms with Crippen LogP contribution in [0.5, 0.6) is 5.75 Å². The first kappa shape index (κ1) is 20.5. The second kappa shape index (κ2) is 9.78. The Balaban J connectivity index is 1.53. The number of urea groups is 1. The normalized spacial score (nSPS) is 10.8. The quantitative estimate of drug-likeness (QED) is 0.610. The Labute approximate surface area is 172 Å². The molecular weight excluding hydrogens is 364 g/mol. The van der Waals surface area contributed by atoms with E-state index in [1.807, 2.05) is 60.9 Å². The molecule has 0 aliphatic carbocycles. The number of aromatic nitrogens is 2. The molecule has 0 saturated heterocycles. The van der Waals surface area contributed by atoms with Gasteiger partial charge in [-0.25, -0.2) is 9.78 Å². The molecule has 1 N–H and O–H groups in total. The highest BCUT2D eigenvalue weighted by atomic mass is 16.5. The minimum atomic E-state index is -0.163. The molecule has 1 aromatic heterocycles. The van der Waals surface area contributed by atoms with Crippen molar-refractivity contribution in [1.82, 2.24) is 14.5 Å². The molecule has 6 nitrogen and oxygen atoms in total. The molecule has 0 radical (unpaired) electrons. The molecule has 2 aromatic carbocycles. The maximum atomic E-state index is 12.5. The maximum Gasteiger partial charge on any atom is 0.321 e. The van der Waals surface area contributed by atoms with Crippen LogP contribution in [0.3, 0.4) is 0 Å². The molecule has 0 bridgehead atoms. The average Bonchev–Trinajstić information content (AvgIpc) is 3.17. The van der Waals surface area contributed by atoms with E-state index in [0.29, 0.717) is 19.1 Å². The Hall–Kier alpha value is -3.28. The number of carbonyl (C=O) groups excluding carboxylic acids is 1. The molecule has 0 atom stereocenters. The number of anilines is 1. The van der Waals surface area contributed by atoms with Crippen LogP contribution in [-0.2, 0) is 6.54 Å². The van der Waals surface area contributed by atoms with E-state index in [2.05, 4.69) is 34.8 Å². The van der Waals surface area contributed by atoms with Crippen LogP contribution in [0.1, 0.15) is 31.2 Å². The number of carbonyl (C=O) groups is 1. The zero-order valence-electron chi connectivity index (χ0n) is 17.2. The maximum absolute atomic E-state index is 12.5. The van der Waals surface area contributed by atoms with Crippen molar-refractivity contribution in [2.45, 2.75) is 26.3 Å². The van der Waals surface area contributed by atoms with Crippen LogP contribution in [-0.4, -0.2) is 40.7 Å². The predicted molar refractivity (Wildman–Crippen MR) is 115 cm³/mol. The average molecular weight is 393 g/mol. The zero-order valence-corrected chi connectivity index (χ0v) is 17.2. The number of rotatable bonds is 8. The fourth-order valence-electron chi connectivity index (χ4n) is 3.04. The fourth-order valence-corrected chi connectivity index (χ4v) is 3.04. The van der Waals surface area contributed by atoms with Crippen LogP contribution < -0.4 is 10.1 Å². The van der Waals surface area contributed by atoms with Crippen molar-refractivity contribution >= 4 is 11.7 Å². The van der Waals surface area contributed by atoms with Gasteiger partial charge in [-0.15, -0.1) is 0 Å². The topological polar surface area (TPSA) is 59.4 Å². The van der Waals surface area contributed by atoms with E-state index >= 15 is 0 Å². The van der Waals surface area contributed by atoms with Gasteiger partial charge < -0.3 is 19.5 Å². The van der Waals surface area contributed by atoms with Crippen LogP contribution in [0.2, 0.25) is 0 Å². The van der Waals surface area contributed by atoms with Crippen molar-refractivity contribution in [2.24, 2.45) is 0 Å². The Morgan fingerprint density at radius 2 is 1.97 bits per heavy atom. The number of amides is 2. The van der Waals surface area contributed by atoms with Gasteiger partial charge in [0, 0.05) is 37.6 Å². The molecule has 3 aromatic rings. The van der Waals surface area contributed by atoms with Gasteiger partial charge in [-0.05, 0) is 29.8 Å². The second-order valence-corrected chi connectivity index (χ2v) is 7.28. The first-order valence-electron chi connectivity index (χ1n) is 9.83. The van der Waals surface area contributed by atoms with Crippen molar-refractivity contribution in [1.29, 1.82) is 0 Å². The van der Waals surface area contributed by atoms with E-state index < -0.39 is 0 Å². The number of nitrogens with zero attached hydrogens (tertiary/aromatic N) is 3. The smallest absolute Gasteiger partial charge is 0.321 e. The molecule has 0 aliphatic rings. The molecule has 0 fully saturated rings. The summed E-state index contributed by atoms with van der Waals surface area (Å²) < 4.78 is 7.79. The van der Waals surface area contributed by atoms with E-state index in [1.165, 1.54) is 0 Å². The minimum Gasteiger partial charge on any atom is -0.492 e. The Morgan fingerprint density at radius 1 is 1.17 bits per heavy atom. The summed E-state index contributed by atoms with van der Waals surface area (Å²) in [5.74, 6) is 2.21. The van der Waals surface area contributed by atoms with Crippen molar-refractivity contribution in [3.05, 3.63) is 78.4 Å². The number of likely N-dealkylation sites (N-methyl/N-ethyl adjacent to an activating group) is 1. The Morgan fingerprint density at radius 3 is 2.72 bits per heavy atom. The van der Waals surface area contributed by atoms with Crippen LogP contribution in [0.4, 0.5) is 10.5 Å². The summed E-state index contributed by atoms with van der Waals surface area (Å²) in [5.41, 5.74) is 1.88. The van der Waals surface area contributed by atoms with Gasteiger partial charge >= 0.3 is 6.03 Å². The van der Waals surface area contributed by atoms with Crippen molar-refractivity contribution < 1.29 is 9.53 Å². The van der Waals surface area contributed by atoms with Gasteiger partial charge in [0.2, 0.25) is 0 Å². The molecule has 0 spiro atoms. The Kier molecular flexibility index (Phi) is 6.89. The van der Waals surface area contributed by atoms with Crippen LogP contribution >= 0.6 is 0 Å². The molecule has 0 aliphatic heterocycles. The van der Waals surface area contributed by atoms with Gasteiger partial charge in [0.1, 0.15) is 18.2 Å². The summed E-state index contributed by atoms with van der Waals surface area (Å²) in [6.07, 6.45) is 3.81. The fraction of sp³-hybridized carbons (Fsp3) is 0.304. The highest BCUT2D eigenvalue weighted by Crippen LogP contribution is 2.17. The molecule has 2 amide bonds. The van der Waals surface area contributed by atoms with Gasteiger partial charge in [0.25, 0.3) is 0 Å². The lowest BCUT2D eigenvalue weighted by molar-refractivity contribution is 0.207. The van der Waals surface area contributed by atoms with Gasteiger partial charge in [0.15, 0.2) is 0 Å². The monoisotopic (exact) mass is 392 g/mol. The largest absolute Gasteiger partial charge is 0.492 e. The lowest BCUT2D eigenvalue weighted by Crippen LogP contribution is -2.34. The van der Waals surface area contributed by atoms with E-state index in [-0.39, 0.29) is 6.03 Å².